The highest BCUT2D eigenvalue weighted by molar-refractivity contribution is 7.80. The molecule has 2 aromatic rings. The predicted molar refractivity (Wildman–Crippen MR) is 102 cm³/mol. The van der Waals surface area contributed by atoms with Crippen molar-refractivity contribution in [3.63, 3.8) is 0 Å². The molecule has 0 aliphatic heterocycles. The summed E-state index contributed by atoms with van der Waals surface area (Å²) >= 11 is 22.7. The molecule has 1 amide bonds. The number of hydrogen-bond acceptors (Lipinski definition) is 3. The van der Waals surface area contributed by atoms with Crippen molar-refractivity contribution in [2.75, 3.05) is 5.32 Å². The van der Waals surface area contributed by atoms with Crippen LogP contribution in [0.1, 0.15) is 6.92 Å². The molecule has 0 spiro atoms. The number of benzene rings is 2. The topological polar surface area (TPSA) is 50.4 Å². The number of anilines is 1. The molecule has 0 radical (unpaired) electrons. The molecule has 1 unspecified atom stereocenters. The van der Waals surface area contributed by atoms with Gasteiger partial charge in [-0.15, -0.1) is 0 Å². The van der Waals surface area contributed by atoms with E-state index < -0.39 is 12.0 Å². The molecule has 0 aromatic heterocycles. The van der Waals surface area contributed by atoms with E-state index in [1.54, 1.807) is 43.3 Å². The minimum Gasteiger partial charge on any atom is -0.479 e. The summed E-state index contributed by atoms with van der Waals surface area (Å²) < 4.78 is 5.52. The van der Waals surface area contributed by atoms with Gasteiger partial charge in [-0.05, 0) is 61.6 Å². The Hall–Kier alpha value is -1.53. The van der Waals surface area contributed by atoms with Gasteiger partial charge in [-0.25, -0.2) is 0 Å². The average molecular weight is 404 g/mol. The van der Waals surface area contributed by atoms with Crippen LogP contribution >= 0.6 is 47.0 Å². The Bertz CT molecular complexity index is 753. The van der Waals surface area contributed by atoms with E-state index in [1.165, 1.54) is 6.07 Å². The Morgan fingerprint density at radius 3 is 2.33 bits per heavy atom. The van der Waals surface area contributed by atoms with E-state index in [0.717, 1.165) is 0 Å². The van der Waals surface area contributed by atoms with Crippen molar-refractivity contribution >= 4 is 63.7 Å². The fourth-order valence-electron chi connectivity index (χ4n) is 1.72. The van der Waals surface area contributed by atoms with Gasteiger partial charge in [-0.1, -0.05) is 34.8 Å². The Morgan fingerprint density at radius 1 is 1.08 bits per heavy atom. The summed E-state index contributed by atoms with van der Waals surface area (Å²) in [4.78, 5) is 12.1. The van der Waals surface area contributed by atoms with Crippen molar-refractivity contribution < 1.29 is 9.53 Å². The van der Waals surface area contributed by atoms with Crippen molar-refractivity contribution in [2.45, 2.75) is 13.0 Å². The maximum absolute atomic E-state index is 12.1. The lowest BCUT2D eigenvalue weighted by Crippen LogP contribution is -2.42. The van der Waals surface area contributed by atoms with Crippen molar-refractivity contribution in [2.24, 2.45) is 0 Å². The molecular weight excluding hydrogens is 391 g/mol. The van der Waals surface area contributed by atoms with Crippen LogP contribution in [0.15, 0.2) is 42.5 Å². The molecule has 2 aromatic carbocycles. The fraction of sp³-hybridized carbons (Fsp3) is 0.125. The third kappa shape index (κ3) is 5.53. The Kier molecular flexibility index (Phi) is 6.69. The number of amides is 1. The van der Waals surface area contributed by atoms with E-state index in [9.17, 15) is 4.79 Å². The predicted octanol–water partition coefficient (Wildman–Crippen LogP) is 4.93. The Labute approximate surface area is 160 Å². The highest BCUT2D eigenvalue weighted by Crippen LogP contribution is 2.28. The van der Waals surface area contributed by atoms with E-state index in [4.69, 9.17) is 51.8 Å². The Morgan fingerprint density at radius 2 is 1.71 bits per heavy atom. The van der Waals surface area contributed by atoms with Crippen LogP contribution in [0.4, 0.5) is 5.69 Å². The molecule has 0 aliphatic rings. The van der Waals surface area contributed by atoms with E-state index >= 15 is 0 Å². The number of nitrogens with one attached hydrogen (secondary N) is 2. The summed E-state index contributed by atoms with van der Waals surface area (Å²) in [7, 11) is 0. The third-order valence-corrected chi connectivity index (χ3v) is 3.89. The molecule has 0 saturated heterocycles. The average Bonchev–Trinajstić information content (AvgIpc) is 2.52. The first-order valence-electron chi connectivity index (χ1n) is 6.84. The normalized spacial score (nSPS) is 11.5. The zero-order valence-corrected chi connectivity index (χ0v) is 15.6. The van der Waals surface area contributed by atoms with E-state index in [2.05, 4.69) is 10.6 Å². The van der Waals surface area contributed by atoms with Crippen LogP contribution in [-0.2, 0) is 4.79 Å². The lowest BCUT2D eigenvalue weighted by Gasteiger charge is -2.16. The quantitative estimate of drug-likeness (QED) is 0.711. The van der Waals surface area contributed by atoms with Gasteiger partial charge in [-0.2, -0.15) is 0 Å². The molecule has 0 bridgehead atoms. The minimum atomic E-state index is -0.798. The molecule has 2 N–H and O–H groups in total. The SMILES string of the molecule is CC(Oc1ccc(Cl)cc1Cl)C(=O)NC(=S)Nc1ccc(Cl)cc1. The number of carbonyl (C=O) groups is 1. The summed E-state index contributed by atoms with van der Waals surface area (Å²) in [5.41, 5.74) is 0.707. The van der Waals surface area contributed by atoms with Crippen LogP contribution in [0, 0.1) is 0 Å². The second-order valence-electron chi connectivity index (χ2n) is 4.79. The van der Waals surface area contributed by atoms with Gasteiger partial charge in [0.1, 0.15) is 5.75 Å². The summed E-state index contributed by atoms with van der Waals surface area (Å²) in [6.07, 6.45) is -0.798. The first kappa shape index (κ1) is 18.8. The molecule has 0 saturated carbocycles. The van der Waals surface area contributed by atoms with E-state index in [-0.39, 0.29) is 5.11 Å². The zero-order valence-electron chi connectivity index (χ0n) is 12.5. The van der Waals surface area contributed by atoms with E-state index in [1.807, 2.05) is 0 Å². The lowest BCUT2D eigenvalue weighted by molar-refractivity contribution is -0.125. The molecule has 4 nitrogen and oxygen atoms in total. The molecule has 24 heavy (non-hydrogen) atoms. The first-order valence-corrected chi connectivity index (χ1v) is 8.38. The van der Waals surface area contributed by atoms with Gasteiger partial charge < -0.3 is 10.1 Å². The first-order chi connectivity index (χ1) is 11.3. The number of thiocarbonyl (C=S) groups is 1. The molecule has 0 fully saturated rings. The largest absolute Gasteiger partial charge is 0.479 e. The highest BCUT2D eigenvalue weighted by atomic mass is 35.5. The van der Waals surface area contributed by atoms with Crippen LogP contribution < -0.4 is 15.4 Å². The molecule has 126 valence electrons. The van der Waals surface area contributed by atoms with Gasteiger partial charge in [0, 0.05) is 15.7 Å². The van der Waals surface area contributed by atoms with Crippen molar-refractivity contribution in [3.05, 3.63) is 57.5 Å². The standard InChI is InChI=1S/C16H13Cl3N2O2S/c1-9(23-14-7-4-11(18)8-13(14)19)15(22)21-16(24)20-12-5-2-10(17)3-6-12/h2-9H,1H3,(H2,20,21,22,24). The van der Waals surface area contributed by atoms with Crippen LogP contribution in [0.25, 0.3) is 0 Å². The van der Waals surface area contributed by atoms with E-state index in [0.29, 0.717) is 26.5 Å². The molecule has 0 aliphatic carbocycles. The molecule has 8 heteroatoms. The van der Waals surface area contributed by atoms with Crippen molar-refractivity contribution in [1.29, 1.82) is 0 Å². The summed E-state index contributed by atoms with van der Waals surface area (Å²) in [6, 6.07) is 11.7. The lowest BCUT2D eigenvalue weighted by atomic mass is 10.3. The van der Waals surface area contributed by atoms with Crippen molar-refractivity contribution in [1.82, 2.24) is 5.32 Å². The zero-order chi connectivity index (χ0) is 17.7. The van der Waals surface area contributed by atoms with Gasteiger partial charge >= 0.3 is 0 Å². The summed E-state index contributed by atoms with van der Waals surface area (Å²) in [5.74, 6) is -0.0484. The van der Waals surface area contributed by atoms with Crippen LogP contribution in [0.3, 0.4) is 0 Å². The molecule has 2 rings (SSSR count). The molecule has 1 atom stereocenters. The smallest absolute Gasteiger partial charge is 0.266 e. The van der Waals surface area contributed by atoms with Crippen molar-refractivity contribution in [3.8, 4) is 5.75 Å². The maximum atomic E-state index is 12.1. The van der Waals surface area contributed by atoms with Gasteiger partial charge in [-0.3, -0.25) is 10.1 Å². The monoisotopic (exact) mass is 402 g/mol. The second-order valence-corrected chi connectivity index (χ2v) is 6.47. The fourth-order valence-corrected chi connectivity index (χ4v) is 2.52. The number of ether oxygens (including phenoxy) is 1. The minimum absolute atomic E-state index is 0.153. The Balaban J connectivity index is 1.90. The number of hydrogen-bond donors (Lipinski definition) is 2. The number of carbonyl (C=O) groups excluding carboxylic acids is 1. The number of halogens is 3. The molecule has 0 heterocycles. The van der Waals surface area contributed by atoms with Gasteiger partial charge in [0.15, 0.2) is 11.2 Å². The summed E-state index contributed by atoms with van der Waals surface area (Å²) in [5, 5.41) is 7.00. The third-order valence-electron chi connectivity index (χ3n) is 2.91. The van der Waals surface area contributed by atoms with Gasteiger partial charge in [0.25, 0.3) is 5.91 Å². The highest BCUT2D eigenvalue weighted by Gasteiger charge is 2.17. The second kappa shape index (κ2) is 8.53. The molecular formula is C16H13Cl3N2O2S. The van der Waals surface area contributed by atoms with Gasteiger partial charge in [0.05, 0.1) is 5.02 Å². The summed E-state index contributed by atoms with van der Waals surface area (Å²) in [6.45, 7) is 1.59. The van der Waals surface area contributed by atoms with Crippen LogP contribution in [-0.4, -0.2) is 17.1 Å². The van der Waals surface area contributed by atoms with Crippen LogP contribution in [0.5, 0.6) is 5.75 Å². The maximum Gasteiger partial charge on any atom is 0.266 e. The number of rotatable bonds is 4. The van der Waals surface area contributed by atoms with Gasteiger partial charge in [0.2, 0.25) is 0 Å². The van der Waals surface area contributed by atoms with Crippen LogP contribution in [0.2, 0.25) is 15.1 Å².